The summed E-state index contributed by atoms with van der Waals surface area (Å²) in [6.07, 6.45) is 4.02. The Labute approximate surface area is 163 Å². The number of hydrogen-bond donors (Lipinski definition) is 0. The number of nitrogens with zero attached hydrogens (tertiary/aromatic N) is 4. The highest BCUT2D eigenvalue weighted by atomic mass is 32.1. The van der Waals surface area contributed by atoms with E-state index in [2.05, 4.69) is 19.6 Å². The molecular formula is C19H24N4O3S. The van der Waals surface area contributed by atoms with Crippen LogP contribution in [0.25, 0.3) is 10.6 Å². The first-order chi connectivity index (χ1) is 13.2. The molecule has 3 heterocycles. The number of esters is 1. The molecule has 0 bridgehead atoms. The van der Waals surface area contributed by atoms with Crippen LogP contribution in [0.15, 0.2) is 29.8 Å². The third kappa shape index (κ3) is 5.26. The van der Waals surface area contributed by atoms with Crippen molar-refractivity contribution in [3.8, 4) is 10.6 Å². The molecule has 7 nitrogen and oxygen atoms in total. The van der Waals surface area contributed by atoms with E-state index in [-0.39, 0.29) is 11.9 Å². The fraction of sp³-hybridized carbons (Fsp3) is 0.474. The van der Waals surface area contributed by atoms with E-state index < -0.39 is 0 Å². The molecular weight excluding hydrogens is 364 g/mol. The van der Waals surface area contributed by atoms with E-state index in [1.165, 1.54) is 7.11 Å². The molecule has 1 fully saturated rings. The van der Waals surface area contributed by atoms with Crippen molar-refractivity contribution in [3.05, 3.63) is 29.8 Å². The molecule has 0 N–H and O–H groups in total. The first-order valence-electron chi connectivity index (χ1n) is 9.14. The lowest BCUT2D eigenvalue weighted by atomic mass is 10.1. The summed E-state index contributed by atoms with van der Waals surface area (Å²) < 4.78 is 4.61. The SMILES string of the molecule is COC(=O)CCCCC(=O)N1CCN(c2nccc(-c3cccs3)n2)CC1. The van der Waals surface area contributed by atoms with Crippen LogP contribution in [0.1, 0.15) is 25.7 Å². The van der Waals surface area contributed by atoms with Crippen LogP contribution in [-0.4, -0.2) is 60.0 Å². The van der Waals surface area contributed by atoms with Crippen LogP contribution in [0.2, 0.25) is 0 Å². The molecule has 3 rings (SSSR count). The minimum Gasteiger partial charge on any atom is -0.469 e. The van der Waals surface area contributed by atoms with E-state index >= 15 is 0 Å². The Bertz CT molecular complexity index is 758. The van der Waals surface area contributed by atoms with Gasteiger partial charge in [-0.2, -0.15) is 0 Å². The highest BCUT2D eigenvalue weighted by Gasteiger charge is 2.22. The molecule has 0 unspecified atom stereocenters. The molecule has 0 saturated carbocycles. The zero-order valence-electron chi connectivity index (χ0n) is 15.5. The topological polar surface area (TPSA) is 75.6 Å². The minimum absolute atomic E-state index is 0.146. The van der Waals surface area contributed by atoms with Gasteiger partial charge in [0.1, 0.15) is 0 Å². The number of hydrogen-bond acceptors (Lipinski definition) is 7. The van der Waals surface area contributed by atoms with Gasteiger partial charge >= 0.3 is 5.97 Å². The summed E-state index contributed by atoms with van der Waals surface area (Å²) >= 11 is 1.66. The van der Waals surface area contributed by atoms with Gasteiger partial charge in [0.2, 0.25) is 11.9 Å². The number of unbranched alkanes of at least 4 members (excludes halogenated alkanes) is 1. The molecule has 1 aliphatic heterocycles. The molecule has 0 aliphatic carbocycles. The van der Waals surface area contributed by atoms with Gasteiger partial charge in [0.25, 0.3) is 0 Å². The molecule has 0 atom stereocenters. The summed E-state index contributed by atoms with van der Waals surface area (Å²) in [6.45, 7) is 2.79. The van der Waals surface area contributed by atoms with Gasteiger partial charge in [0, 0.05) is 45.2 Å². The van der Waals surface area contributed by atoms with E-state index in [9.17, 15) is 9.59 Å². The van der Waals surface area contributed by atoms with Crippen molar-refractivity contribution in [1.29, 1.82) is 0 Å². The number of aromatic nitrogens is 2. The Hall–Kier alpha value is -2.48. The number of ether oxygens (including phenoxy) is 1. The van der Waals surface area contributed by atoms with Gasteiger partial charge in [0.05, 0.1) is 17.7 Å². The van der Waals surface area contributed by atoms with Crippen molar-refractivity contribution in [1.82, 2.24) is 14.9 Å². The van der Waals surface area contributed by atoms with Crippen LogP contribution in [0.3, 0.4) is 0 Å². The number of rotatable bonds is 7. The highest BCUT2D eigenvalue weighted by Crippen LogP contribution is 2.24. The molecule has 2 aromatic rings. The maximum absolute atomic E-state index is 12.3. The number of carbonyl (C=O) groups excluding carboxylic acids is 2. The number of anilines is 1. The summed E-state index contributed by atoms with van der Waals surface area (Å²) in [6, 6.07) is 5.98. The maximum Gasteiger partial charge on any atom is 0.305 e. The molecule has 2 aromatic heterocycles. The van der Waals surface area contributed by atoms with Crippen LogP contribution < -0.4 is 4.90 Å². The van der Waals surface area contributed by atoms with Gasteiger partial charge in [-0.25, -0.2) is 9.97 Å². The number of piperazine rings is 1. The smallest absolute Gasteiger partial charge is 0.305 e. The van der Waals surface area contributed by atoms with Crippen LogP contribution >= 0.6 is 11.3 Å². The summed E-state index contributed by atoms with van der Waals surface area (Å²) in [5.74, 6) is 0.639. The van der Waals surface area contributed by atoms with Crippen molar-refractivity contribution in [2.75, 3.05) is 38.2 Å². The zero-order chi connectivity index (χ0) is 19.1. The average molecular weight is 388 g/mol. The standard InChI is InChI=1S/C19H24N4O3S/c1-26-18(25)7-3-2-6-17(24)22-10-12-23(13-11-22)19-20-9-8-15(21-19)16-5-4-14-27-16/h4-5,8-9,14H,2-3,6-7,10-13H2,1H3. The van der Waals surface area contributed by atoms with Crippen LogP contribution in [-0.2, 0) is 14.3 Å². The fourth-order valence-electron chi connectivity index (χ4n) is 3.02. The van der Waals surface area contributed by atoms with Crippen LogP contribution in [0.4, 0.5) is 5.95 Å². The van der Waals surface area contributed by atoms with E-state index in [0.29, 0.717) is 44.7 Å². The molecule has 144 valence electrons. The number of methoxy groups -OCH3 is 1. The molecule has 1 saturated heterocycles. The van der Waals surface area contributed by atoms with E-state index in [1.54, 1.807) is 17.5 Å². The second-order valence-electron chi connectivity index (χ2n) is 6.37. The van der Waals surface area contributed by atoms with Gasteiger partial charge in [-0.05, 0) is 30.4 Å². The average Bonchev–Trinajstić information content (AvgIpc) is 3.26. The minimum atomic E-state index is -0.221. The molecule has 0 radical (unpaired) electrons. The summed E-state index contributed by atoms with van der Waals surface area (Å²) in [5, 5.41) is 2.03. The lowest BCUT2D eigenvalue weighted by molar-refractivity contribution is -0.141. The van der Waals surface area contributed by atoms with Crippen molar-refractivity contribution in [3.63, 3.8) is 0 Å². The molecule has 1 amide bonds. The molecule has 1 aliphatic rings. The van der Waals surface area contributed by atoms with Crippen LogP contribution in [0.5, 0.6) is 0 Å². The first-order valence-corrected chi connectivity index (χ1v) is 10.0. The predicted octanol–water partition coefficient (Wildman–Crippen LogP) is 2.59. The molecule has 8 heteroatoms. The number of thiophene rings is 1. The summed E-state index contributed by atoms with van der Waals surface area (Å²) in [4.78, 5) is 37.6. The second kappa shape index (κ2) is 9.45. The first kappa shape index (κ1) is 19.3. The number of carbonyl (C=O) groups is 2. The Morgan fingerprint density at radius 2 is 1.93 bits per heavy atom. The summed E-state index contributed by atoms with van der Waals surface area (Å²) in [5.41, 5.74) is 0.930. The fourth-order valence-corrected chi connectivity index (χ4v) is 3.72. The van der Waals surface area contributed by atoms with Gasteiger partial charge < -0.3 is 14.5 Å². The van der Waals surface area contributed by atoms with Crippen LogP contribution in [0, 0.1) is 0 Å². The molecule has 0 aromatic carbocycles. The highest BCUT2D eigenvalue weighted by molar-refractivity contribution is 7.13. The van der Waals surface area contributed by atoms with Gasteiger partial charge in [0.15, 0.2) is 0 Å². The van der Waals surface area contributed by atoms with E-state index in [4.69, 9.17) is 0 Å². The lowest BCUT2D eigenvalue weighted by Crippen LogP contribution is -2.49. The maximum atomic E-state index is 12.3. The Balaban J connectivity index is 1.47. The second-order valence-corrected chi connectivity index (χ2v) is 7.32. The van der Waals surface area contributed by atoms with Crippen molar-refractivity contribution in [2.24, 2.45) is 0 Å². The van der Waals surface area contributed by atoms with E-state index in [0.717, 1.165) is 23.7 Å². The Morgan fingerprint density at radius 1 is 1.15 bits per heavy atom. The molecule has 27 heavy (non-hydrogen) atoms. The van der Waals surface area contributed by atoms with E-state index in [1.807, 2.05) is 28.5 Å². The normalized spacial score (nSPS) is 14.3. The predicted molar refractivity (Wildman–Crippen MR) is 105 cm³/mol. The van der Waals surface area contributed by atoms with Crippen molar-refractivity contribution in [2.45, 2.75) is 25.7 Å². The van der Waals surface area contributed by atoms with Gasteiger partial charge in [-0.1, -0.05) is 6.07 Å². The Kier molecular flexibility index (Phi) is 6.75. The van der Waals surface area contributed by atoms with Crippen molar-refractivity contribution < 1.29 is 14.3 Å². The summed E-state index contributed by atoms with van der Waals surface area (Å²) in [7, 11) is 1.38. The quantitative estimate of drug-likeness (QED) is 0.536. The van der Waals surface area contributed by atoms with Gasteiger partial charge in [-0.15, -0.1) is 11.3 Å². The largest absolute Gasteiger partial charge is 0.469 e. The lowest BCUT2D eigenvalue weighted by Gasteiger charge is -2.34. The van der Waals surface area contributed by atoms with Gasteiger partial charge in [-0.3, -0.25) is 9.59 Å². The monoisotopic (exact) mass is 388 g/mol. The third-order valence-corrected chi connectivity index (χ3v) is 5.47. The zero-order valence-corrected chi connectivity index (χ0v) is 16.3. The van der Waals surface area contributed by atoms with Crippen molar-refractivity contribution >= 4 is 29.2 Å². The third-order valence-electron chi connectivity index (χ3n) is 4.58. The number of amides is 1. The molecule has 0 spiro atoms. The Morgan fingerprint density at radius 3 is 2.63 bits per heavy atom.